The van der Waals surface area contributed by atoms with E-state index in [9.17, 15) is 9.90 Å². The Bertz CT molecular complexity index is 490. The van der Waals surface area contributed by atoms with Gasteiger partial charge in [-0.15, -0.1) is 0 Å². The van der Waals surface area contributed by atoms with Gasteiger partial charge in [0.05, 0.1) is 0 Å². The summed E-state index contributed by atoms with van der Waals surface area (Å²) in [6.07, 6.45) is 10.2. The van der Waals surface area contributed by atoms with Crippen molar-refractivity contribution in [1.82, 2.24) is 0 Å². The fourth-order valence-electron chi connectivity index (χ4n) is 2.62. The number of carboxylic acid groups (broad SMARTS) is 1. The maximum atomic E-state index is 11.7. The third-order valence-corrected chi connectivity index (χ3v) is 3.66. The second kappa shape index (κ2) is 7.03. The number of rotatable bonds is 6. The molecule has 2 rings (SSSR count). The van der Waals surface area contributed by atoms with Gasteiger partial charge in [-0.25, -0.2) is 4.79 Å². The molecule has 0 aromatic rings. The van der Waals surface area contributed by atoms with Crippen molar-refractivity contribution >= 4 is 5.97 Å². The van der Waals surface area contributed by atoms with E-state index < -0.39 is 5.97 Å². The largest absolute Gasteiger partial charge is 0.478 e. The molecular formula is C18H26O4. The van der Waals surface area contributed by atoms with E-state index in [0.29, 0.717) is 6.42 Å². The van der Waals surface area contributed by atoms with Crippen molar-refractivity contribution in [2.75, 3.05) is 0 Å². The molecule has 0 saturated carbocycles. The lowest BCUT2D eigenvalue weighted by Crippen LogP contribution is -2.16. The topological polar surface area (TPSA) is 55.8 Å². The molecule has 22 heavy (non-hydrogen) atoms. The Hall–Kier alpha value is -1.71. The van der Waals surface area contributed by atoms with Crippen LogP contribution in [-0.2, 0) is 14.3 Å². The minimum atomic E-state index is -0.970. The van der Waals surface area contributed by atoms with Gasteiger partial charge in [0.25, 0.3) is 5.95 Å². The van der Waals surface area contributed by atoms with E-state index in [1.807, 2.05) is 32.9 Å². The normalized spacial score (nSPS) is 17.8. The molecule has 0 radical (unpaired) electrons. The summed E-state index contributed by atoms with van der Waals surface area (Å²) in [5.74, 6) is 0.827. The van der Waals surface area contributed by atoms with E-state index in [1.54, 1.807) is 0 Å². The van der Waals surface area contributed by atoms with Gasteiger partial charge in [0, 0.05) is 12.8 Å². The average Bonchev–Trinajstić information content (AvgIpc) is 3.07. The Morgan fingerprint density at radius 3 is 1.91 bits per heavy atom. The zero-order valence-electron chi connectivity index (χ0n) is 13.8. The standard InChI is InChI=1S/C18H26O4/c1-18(2,3)12-15(16(19)20)17(21-13-8-4-5-9-13)22-14-10-6-7-11-14/h8,10H,4-7,9,11-12H2,1-3H3,(H,19,20). The van der Waals surface area contributed by atoms with Crippen LogP contribution in [-0.4, -0.2) is 11.1 Å². The van der Waals surface area contributed by atoms with Gasteiger partial charge in [-0.2, -0.15) is 0 Å². The predicted octanol–water partition coefficient (Wildman–Crippen LogP) is 4.89. The van der Waals surface area contributed by atoms with E-state index in [0.717, 1.165) is 50.0 Å². The molecule has 0 atom stereocenters. The van der Waals surface area contributed by atoms with Crippen molar-refractivity contribution in [3.05, 3.63) is 35.2 Å². The molecule has 0 spiro atoms. The molecule has 0 amide bonds. The summed E-state index contributed by atoms with van der Waals surface area (Å²) in [7, 11) is 0. The number of ether oxygens (including phenoxy) is 2. The van der Waals surface area contributed by atoms with Crippen LogP contribution in [0.5, 0.6) is 0 Å². The number of carboxylic acids is 1. The Morgan fingerprint density at radius 1 is 1.09 bits per heavy atom. The first-order valence-electron chi connectivity index (χ1n) is 8.05. The highest BCUT2D eigenvalue weighted by Crippen LogP contribution is 2.32. The van der Waals surface area contributed by atoms with Crippen molar-refractivity contribution in [3.8, 4) is 0 Å². The molecule has 4 heteroatoms. The fraction of sp³-hybridized carbons (Fsp3) is 0.611. The molecule has 2 aliphatic rings. The maximum Gasteiger partial charge on any atom is 0.338 e. The summed E-state index contributed by atoms with van der Waals surface area (Å²) in [4.78, 5) is 11.7. The van der Waals surface area contributed by atoms with Crippen LogP contribution in [0, 0.1) is 5.41 Å². The third-order valence-electron chi connectivity index (χ3n) is 3.66. The van der Waals surface area contributed by atoms with Crippen LogP contribution in [0.4, 0.5) is 0 Å². The Morgan fingerprint density at radius 2 is 1.59 bits per heavy atom. The van der Waals surface area contributed by atoms with Gasteiger partial charge in [0.2, 0.25) is 0 Å². The summed E-state index contributed by atoms with van der Waals surface area (Å²) in [5, 5.41) is 9.60. The predicted molar refractivity (Wildman–Crippen MR) is 84.8 cm³/mol. The highest BCUT2D eigenvalue weighted by atomic mass is 16.7. The van der Waals surface area contributed by atoms with Gasteiger partial charge in [-0.1, -0.05) is 20.8 Å². The highest BCUT2D eigenvalue weighted by Gasteiger charge is 2.26. The lowest BCUT2D eigenvalue weighted by Gasteiger charge is -2.21. The van der Waals surface area contributed by atoms with Crippen molar-refractivity contribution in [2.45, 2.75) is 65.7 Å². The second-order valence-electron chi connectivity index (χ2n) is 7.14. The van der Waals surface area contributed by atoms with Gasteiger partial charge in [0.1, 0.15) is 17.1 Å². The number of hydrogen-bond acceptors (Lipinski definition) is 3. The molecular weight excluding hydrogens is 280 g/mol. The number of carbonyl (C=O) groups is 1. The Labute approximate surface area is 132 Å². The first-order chi connectivity index (χ1) is 10.3. The minimum Gasteiger partial charge on any atom is -0.478 e. The third kappa shape index (κ3) is 4.93. The second-order valence-corrected chi connectivity index (χ2v) is 7.14. The first kappa shape index (κ1) is 16.7. The van der Waals surface area contributed by atoms with Crippen LogP contribution >= 0.6 is 0 Å². The van der Waals surface area contributed by atoms with Crippen molar-refractivity contribution in [3.63, 3.8) is 0 Å². The van der Waals surface area contributed by atoms with Gasteiger partial charge < -0.3 is 14.6 Å². The van der Waals surface area contributed by atoms with Gasteiger partial charge in [-0.3, -0.25) is 0 Å². The molecule has 4 nitrogen and oxygen atoms in total. The summed E-state index contributed by atoms with van der Waals surface area (Å²) >= 11 is 0. The van der Waals surface area contributed by atoms with Crippen molar-refractivity contribution in [1.29, 1.82) is 0 Å². The van der Waals surface area contributed by atoms with Crippen LogP contribution in [0.3, 0.4) is 0 Å². The van der Waals surface area contributed by atoms with E-state index in [4.69, 9.17) is 9.47 Å². The molecule has 122 valence electrons. The Kier molecular flexibility index (Phi) is 5.33. The molecule has 0 unspecified atom stereocenters. The lowest BCUT2D eigenvalue weighted by molar-refractivity contribution is -0.133. The number of aliphatic carboxylic acids is 1. The molecule has 1 N–H and O–H groups in total. The van der Waals surface area contributed by atoms with Crippen LogP contribution < -0.4 is 0 Å². The minimum absolute atomic E-state index is 0.153. The molecule has 0 aromatic carbocycles. The van der Waals surface area contributed by atoms with Crippen molar-refractivity contribution < 1.29 is 19.4 Å². The zero-order valence-corrected chi connectivity index (χ0v) is 13.8. The Balaban J connectivity index is 2.28. The fourth-order valence-corrected chi connectivity index (χ4v) is 2.62. The van der Waals surface area contributed by atoms with E-state index >= 15 is 0 Å². The van der Waals surface area contributed by atoms with Crippen LogP contribution in [0.25, 0.3) is 0 Å². The number of allylic oxidation sites excluding steroid dienone is 4. The van der Waals surface area contributed by atoms with Gasteiger partial charge in [-0.05, 0) is 49.7 Å². The first-order valence-corrected chi connectivity index (χ1v) is 8.05. The van der Waals surface area contributed by atoms with Gasteiger partial charge in [0.15, 0.2) is 0 Å². The molecule has 0 fully saturated rings. The summed E-state index contributed by atoms with van der Waals surface area (Å²) in [5.41, 5.74) is 0.0629. The van der Waals surface area contributed by atoms with Gasteiger partial charge >= 0.3 is 5.97 Å². The smallest absolute Gasteiger partial charge is 0.338 e. The molecule has 0 aliphatic heterocycles. The number of hydrogen-bond donors (Lipinski definition) is 1. The maximum absolute atomic E-state index is 11.7. The highest BCUT2D eigenvalue weighted by molar-refractivity contribution is 5.87. The monoisotopic (exact) mass is 306 g/mol. The molecule has 0 bridgehead atoms. The summed E-state index contributed by atoms with van der Waals surface area (Å²) in [6.45, 7) is 6.03. The summed E-state index contributed by atoms with van der Waals surface area (Å²) in [6, 6.07) is 0. The van der Waals surface area contributed by atoms with E-state index in [-0.39, 0.29) is 16.9 Å². The SMILES string of the molecule is CC(C)(C)CC(C(=O)O)=C(OC1=CCCC1)OC1=CCCC1. The molecule has 0 heterocycles. The van der Waals surface area contributed by atoms with Crippen LogP contribution in [0.15, 0.2) is 35.2 Å². The molecule has 0 saturated heterocycles. The lowest BCUT2D eigenvalue weighted by atomic mass is 9.88. The molecule has 0 aromatic heterocycles. The van der Waals surface area contributed by atoms with Crippen LogP contribution in [0.1, 0.15) is 65.7 Å². The average molecular weight is 306 g/mol. The van der Waals surface area contributed by atoms with E-state index in [2.05, 4.69) is 0 Å². The van der Waals surface area contributed by atoms with Crippen molar-refractivity contribution in [2.24, 2.45) is 5.41 Å². The van der Waals surface area contributed by atoms with Crippen LogP contribution in [0.2, 0.25) is 0 Å². The van der Waals surface area contributed by atoms with E-state index in [1.165, 1.54) is 0 Å². The molecule has 2 aliphatic carbocycles. The summed E-state index contributed by atoms with van der Waals surface area (Å²) < 4.78 is 11.7. The zero-order chi connectivity index (χ0) is 16.2. The quantitative estimate of drug-likeness (QED) is 0.561.